The van der Waals surface area contributed by atoms with Crippen LogP contribution in [0.25, 0.3) is 0 Å². The molecule has 0 spiro atoms. The van der Waals surface area contributed by atoms with Crippen molar-refractivity contribution in [2.24, 2.45) is 5.92 Å². The molecule has 7 heteroatoms. The van der Waals surface area contributed by atoms with Gasteiger partial charge in [-0.25, -0.2) is 8.42 Å². The van der Waals surface area contributed by atoms with Crippen LogP contribution in [0.3, 0.4) is 0 Å². The summed E-state index contributed by atoms with van der Waals surface area (Å²) in [4.78, 5) is 12.9. The number of nitrogens with one attached hydrogen (secondary N) is 1. The maximum atomic E-state index is 13.2. The van der Waals surface area contributed by atoms with E-state index in [1.165, 1.54) is 11.4 Å². The highest BCUT2D eigenvalue weighted by atomic mass is 32.2. The van der Waals surface area contributed by atoms with Crippen molar-refractivity contribution >= 4 is 21.6 Å². The number of rotatable bonds is 5. The molecule has 1 heterocycles. The van der Waals surface area contributed by atoms with E-state index in [9.17, 15) is 13.2 Å². The van der Waals surface area contributed by atoms with E-state index in [0.717, 1.165) is 16.8 Å². The highest BCUT2D eigenvalue weighted by molar-refractivity contribution is 7.89. The Kier molecular flexibility index (Phi) is 6.05. The molecule has 0 radical (unpaired) electrons. The normalized spacial score (nSPS) is 17.9. The minimum absolute atomic E-state index is 0.148. The van der Waals surface area contributed by atoms with Crippen LogP contribution in [-0.2, 0) is 14.8 Å². The van der Waals surface area contributed by atoms with E-state index in [1.807, 2.05) is 44.2 Å². The first-order chi connectivity index (χ1) is 13.3. The van der Waals surface area contributed by atoms with Gasteiger partial charge in [0.15, 0.2) is 0 Å². The van der Waals surface area contributed by atoms with Gasteiger partial charge < -0.3 is 10.1 Å². The Morgan fingerprint density at radius 2 is 1.93 bits per heavy atom. The number of benzene rings is 2. The molecule has 1 amide bonds. The molecule has 1 N–H and O–H groups in total. The van der Waals surface area contributed by atoms with Crippen LogP contribution in [0.2, 0.25) is 0 Å². The summed E-state index contributed by atoms with van der Waals surface area (Å²) in [6.45, 7) is 4.33. The second kappa shape index (κ2) is 8.32. The molecular formula is C21H26N2O4S. The maximum absolute atomic E-state index is 13.2. The summed E-state index contributed by atoms with van der Waals surface area (Å²) in [7, 11) is -2.29. The number of nitrogens with zero attached hydrogens (tertiary/aromatic N) is 1. The van der Waals surface area contributed by atoms with Crippen molar-refractivity contribution in [3.8, 4) is 5.75 Å². The molecule has 1 atom stereocenters. The Morgan fingerprint density at radius 3 is 2.64 bits per heavy atom. The number of amides is 1. The Hall–Kier alpha value is -2.38. The first-order valence-electron chi connectivity index (χ1n) is 9.34. The maximum Gasteiger partial charge on any atom is 0.246 e. The van der Waals surface area contributed by atoms with E-state index >= 15 is 0 Å². The van der Waals surface area contributed by atoms with Crippen molar-refractivity contribution < 1.29 is 17.9 Å². The lowest BCUT2D eigenvalue weighted by Gasteiger charge is -2.31. The topological polar surface area (TPSA) is 75.7 Å². The molecule has 1 saturated heterocycles. The molecule has 1 aliphatic heterocycles. The molecule has 0 bridgehead atoms. The lowest BCUT2D eigenvalue weighted by molar-refractivity contribution is -0.120. The zero-order valence-corrected chi connectivity index (χ0v) is 17.3. The highest BCUT2D eigenvalue weighted by Gasteiger charge is 2.35. The van der Waals surface area contributed by atoms with Gasteiger partial charge in [0.2, 0.25) is 15.9 Å². The number of para-hydroxylation sites is 1. The van der Waals surface area contributed by atoms with Crippen LogP contribution in [0, 0.1) is 19.8 Å². The molecular weight excluding hydrogens is 376 g/mol. The Bertz CT molecular complexity index is 972. The van der Waals surface area contributed by atoms with Gasteiger partial charge in [-0.15, -0.1) is 0 Å². The van der Waals surface area contributed by atoms with Crippen molar-refractivity contribution in [2.45, 2.75) is 31.6 Å². The summed E-state index contributed by atoms with van der Waals surface area (Å²) in [5.41, 5.74) is 2.57. The number of hydrogen-bond donors (Lipinski definition) is 1. The molecule has 0 saturated carbocycles. The Labute approximate surface area is 166 Å². The monoisotopic (exact) mass is 402 g/mol. The van der Waals surface area contributed by atoms with Gasteiger partial charge in [0, 0.05) is 18.8 Å². The summed E-state index contributed by atoms with van der Waals surface area (Å²) in [6, 6.07) is 12.6. The number of aryl methyl sites for hydroxylation is 2. The molecule has 1 fully saturated rings. The smallest absolute Gasteiger partial charge is 0.246 e. The van der Waals surface area contributed by atoms with E-state index in [4.69, 9.17) is 4.74 Å². The Morgan fingerprint density at radius 1 is 1.18 bits per heavy atom. The molecule has 150 valence electrons. The van der Waals surface area contributed by atoms with E-state index < -0.39 is 10.0 Å². The predicted molar refractivity (Wildman–Crippen MR) is 109 cm³/mol. The van der Waals surface area contributed by atoms with Gasteiger partial charge in [-0.3, -0.25) is 4.79 Å². The summed E-state index contributed by atoms with van der Waals surface area (Å²) >= 11 is 0. The molecule has 0 aromatic heterocycles. The summed E-state index contributed by atoms with van der Waals surface area (Å²) in [5.74, 6) is -0.221. The first kappa shape index (κ1) is 20.4. The predicted octanol–water partition coefficient (Wildman–Crippen LogP) is 3.35. The minimum atomic E-state index is -3.75. The second-order valence-corrected chi connectivity index (χ2v) is 9.07. The zero-order chi connectivity index (χ0) is 20.3. The average molecular weight is 403 g/mol. The Balaban J connectivity index is 1.80. The fourth-order valence-electron chi connectivity index (χ4n) is 3.45. The van der Waals surface area contributed by atoms with Crippen molar-refractivity contribution in [3.05, 3.63) is 53.6 Å². The van der Waals surface area contributed by atoms with Gasteiger partial charge in [-0.05, 0) is 56.0 Å². The van der Waals surface area contributed by atoms with Gasteiger partial charge >= 0.3 is 0 Å². The molecule has 3 rings (SSSR count). The number of carbonyl (C=O) groups excluding carboxylic acids is 1. The van der Waals surface area contributed by atoms with Crippen LogP contribution in [0.15, 0.2) is 47.4 Å². The zero-order valence-electron chi connectivity index (χ0n) is 16.4. The first-order valence-corrected chi connectivity index (χ1v) is 10.8. The van der Waals surface area contributed by atoms with Crippen LogP contribution >= 0.6 is 0 Å². The van der Waals surface area contributed by atoms with Crippen molar-refractivity contribution in [3.63, 3.8) is 0 Å². The summed E-state index contributed by atoms with van der Waals surface area (Å²) < 4.78 is 33.1. The van der Waals surface area contributed by atoms with Crippen LogP contribution in [-0.4, -0.2) is 38.8 Å². The van der Waals surface area contributed by atoms with Gasteiger partial charge in [0.25, 0.3) is 0 Å². The third kappa shape index (κ3) is 4.20. The van der Waals surface area contributed by atoms with Crippen molar-refractivity contribution in [1.82, 2.24) is 4.31 Å². The van der Waals surface area contributed by atoms with E-state index in [1.54, 1.807) is 12.1 Å². The van der Waals surface area contributed by atoms with Gasteiger partial charge in [0.05, 0.1) is 13.0 Å². The van der Waals surface area contributed by atoms with Crippen molar-refractivity contribution in [1.29, 1.82) is 0 Å². The number of methoxy groups -OCH3 is 1. The quantitative estimate of drug-likeness (QED) is 0.832. The molecule has 2 aromatic carbocycles. The van der Waals surface area contributed by atoms with Crippen LogP contribution in [0.1, 0.15) is 24.0 Å². The molecule has 0 aliphatic carbocycles. The summed E-state index contributed by atoms with van der Waals surface area (Å²) in [6.07, 6.45) is 1.30. The number of piperidine rings is 1. The fourth-order valence-corrected chi connectivity index (χ4v) is 5.21. The largest absolute Gasteiger partial charge is 0.495 e. The molecule has 28 heavy (non-hydrogen) atoms. The number of hydrogen-bond acceptors (Lipinski definition) is 4. The number of sulfonamides is 1. The van der Waals surface area contributed by atoms with Gasteiger partial charge in [-0.2, -0.15) is 4.31 Å². The molecule has 2 aromatic rings. The standard InChI is InChI=1S/C21H26N2O4S/c1-15-10-11-19(27-3)20(13-15)28(25,26)23-12-6-8-17(14-23)21(24)22-18-9-5-4-7-16(18)2/h4-5,7,9-11,13,17H,6,8,12,14H2,1-3H3,(H,22,24)/t17-/m1/s1. The van der Waals surface area contributed by atoms with Gasteiger partial charge in [-0.1, -0.05) is 24.3 Å². The third-order valence-electron chi connectivity index (χ3n) is 5.09. The lowest BCUT2D eigenvalue weighted by atomic mass is 9.98. The van der Waals surface area contributed by atoms with Crippen LogP contribution in [0.5, 0.6) is 5.75 Å². The second-order valence-electron chi connectivity index (χ2n) is 7.16. The average Bonchev–Trinajstić information content (AvgIpc) is 2.69. The summed E-state index contributed by atoms with van der Waals surface area (Å²) in [5, 5.41) is 2.94. The van der Waals surface area contributed by atoms with Crippen LogP contribution in [0.4, 0.5) is 5.69 Å². The number of carbonyl (C=O) groups is 1. The van der Waals surface area contributed by atoms with E-state index in [2.05, 4.69) is 5.32 Å². The van der Waals surface area contributed by atoms with Gasteiger partial charge in [0.1, 0.15) is 10.6 Å². The third-order valence-corrected chi connectivity index (χ3v) is 6.98. The van der Waals surface area contributed by atoms with Crippen molar-refractivity contribution in [2.75, 3.05) is 25.5 Å². The van der Waals surface area contributed by atoms with E-state index in [-0.39, 0.29) is 23.3 Å². The highest BCUT2D eigenvalue weighted by Crippen LogP contribution is 2.31. The molecule has 0 unspecified atom stereocenters. The number of anilines is 1. The SMILES string of the molecule is COc1ccc(C)cc1S(=O)(=O)N1CCC[C@@H](C(=O)Nc2ccccc2C)C1. The molecule has 1 aliphatic rings. The lowest BCUT2D eigenvalue weighted by Crippen LogP contribution is -2.43. The molecule has 6 nitrogen and oxygen atoms in total. The fraction of sp³-hybridized carbons (Fsp3) is 0.381. The number of ether oxygens (including phenoxy) is 1. The van der Waals surface area contributed by atoms with E-state index in [0.29, 0.717) is 25.1 Å². The minimum Gasteiger partial charge on any atom is -0.495 e. The van der Waals surface area contributed by atoms with Crippen LogP contribution < -0.4 is 10.1 Å².